The highest BCUT2D eigenvalue weighted by atomic mass is 16.1. The van der Waals surface area contributed by atoms with Gasteiger partial charge in [-0.25, -0.2) is 0 Å². The molecule has 0 bridgehead atoms. The van der Waals surface area contributed by atoms with Crippen LogP contribution in [0.3, 0.4) is 0 Å². The second-order valence-corrected chi connectivity index (χ2v) is 4.19. The fourth-order valence-electron chi connectivity index (χ4n) is 2.52. The van der Waals surface area contributed by atoms with Gasteiger partial charge in [-0.05, 0) is 18.4 Å². The van der Waals surface area contributed by atoms with E-state index in [1.807, 2.05) is 6.07 Å². The lowest BCUT2D eigenvalue weighted by atomic mass is 9.80. The number of hydrogen-bond donors (Lipinski definition) is 1. The number of amides is 1. The van der Waals surface area contributed by atoms with Crippen molar-refractivity contribution in [1.29, 1.82) is 0 Å². The van der Waals surface area contributed by atoms with Crippen molar-refractivity contribution in [3.63, 3.8) is 0 Å². The predicted molar refractivity (Wildman–Crippen MR) is 60.6 cm³/mol. The molecule has 1 aromatic carbocycles. The first-order valence-corrected chi connectivity index (χ1v) is 5.66. The topological polar surface area (TPSA) is 29.1 Å². The summed E-state index contributed by atoms with van der Waals surface area (Å²) < 4.78 is 0. The van der Waals surface area contributed by atoms with Crippen molar-refractivity contribution in [2.45, 2.75) is 37.6 Å². The van der Waals surface area contributed by atoms with E-state index < -0.39 is 0 Å². The molecule has 1 amide bonds. The molecule has 1 fully saturated rings. The van der Waals surface area contributed by atoms with Crippen LogP contribution in [0, 0.1) is 0 Å². The van der Waals surface area contributed by atoms with Gasteiger partial charge in [0.2, 0.25) is 6.41 Å². The first kappa shape index (κ1) is 10.2. The van der Waals surface area contributed by atoms with Crippen LogP contribution < -0.4 is 5.32 Å². The highest BCUT2D eigenvalue weighted by Crippen LogP contribution is 2.32. The zero-order valence-corrected chi connectivity index (χ0v) is 8.86. The van der Waals surface area contributed by atoms with Crippen LogP contribution in [0.1, 0.15) is 37.2 Å². The Morgan fingerprint density at radius 3 is 2.60 bits per heavy atom. The number of carbonyl (C=O) groups is 1. The average Bonchev–Trinajstić information content (AvgIpc) is 2.31. The monoisotopic (exact) mass is 203 g/mol. The minimum atomic E-state index is 0.332. The quantitative estimate of drug-likeness (QED) is 0.751. The first-order chi connectivity index (χ1) is 7.42. The fraction of sp³-hybridized carbons (Fsp3) is 0.462. The van der Waals surface area contributed by atoms with E-state index in [9.17, 15) is 4.79 Å². The van der Waals surface area contributed by atoms with Gasteiger partial charge in [0.05, 0.1) is 0 Å². The number of nitrogens with one attached hydrogen (secondary N) is 1. The summed E-state index contributed by atoms with van der Waals surface area (Å²) in [6.45, 7) is 0. The normalized spacial score (nSPS) is 25.9. The van der Waals surface area contributed by atoms with E-state index in [0.29, 0.717) is 12.0 Å². The van der Waals surface area contributed by atoms with E-state index in [-0.39, 0.29) is 0 Å². The van der Waals surface area contributed by atoms with Crippen LogP contribution in [0.4, 0.5) is 0 Å². The van der Waals surface area contributed by atoms with Gasteiger partial charge in [0.25, 0.3) is 0 Å². The van der Waals surface area contributed by atoms with E-state index in [1.165, 1.54) is 24.8 Å². The van der Waals surface area contributed by atoms with Gasteiger partial charge in [0.15, 0.2) is 0 Å². The molecule has 0 spiro atoms. The standard InChI is InChI=1S/C13H17NO/c15-10-14-13-9-5-4-8-12(13)11-6-2-1-3-7-11/h1-3,6-7,10,12-13H,4-5,8-9H2,(H,14,15)/t12-,13?/m1/s1. The summed E-state index contributed by atoms with van der Waals surface area (Å²) in [5, 5.41) is 2.95. The molecule has 0 saturated heterocycles. The highest BCUT2D eigenvalue weighted by molar-refractivity contribution is 5.47. The Morgan fingerprint density at radius 2 is 1.87 bits per heavy atom. The van der Waals surface area contributed by atoms with Crippen molar-refractivity contribution in [3.05, 3.63) is 35.9 Å². The SMILES string of the molecule is O=CNC1CCCC[C@@H]1c1ccccc1. The van der Waals surface area contributed by atoms with E-state index >= 15 is 0 Å². The maximum atomic E-state index is 10.5. The third-order valence-corrected chi connectivity index (χ3v) is 3.28. The summed E-state index contributed by atoms with van der Waals surface area (Å²) in [6, 6.07) is 10.8. The van der Waals surface area contributed by atoms with Gasteiger partial charge in [0, 0.05) is 12.0 Å². The molecule has 2 rings (SSSR count). The Balaban J connectivity index is 2.14. The molecule has 15 heavy (non-hydrogen) atoms. The van der Waals surface area contributed by atoms with Crippen LogP contribution >= 0.6 is 0 Å². The zero-order chi connectivity index (χ0) is 10.5. The maximum Gasteiger partial charge on any atom is 0.207 e. The third kappa shape index (κ3) is 2.38. The molecule has 80 valence electrons. The Bertz CT molecular complexity index is 310. The Kier molecular flexibility index (Phi) is 3.38. The van der Waals surface area contributed by atoms with Crippen molar-refractivity contribution in [2.75, 3.05) is 0 Å². The van der Waals surface area contributed by atoms with Crippen LogP contribution in [-0.4, -0.2) is 12.5 Å². The lowest BCUT2D eigenvalue weighted by molar-refractivity contribution is -0.110. The van der Waals surface area contributed by atoms with Gasteiger partial charge in [-0.1, -0.05) is 43.2 Å². The molecule has 0 radical (unpaired) electrons. The zero-order valence-electron chi connectivity index (χ0n) is 8.86. The molecule has 2 atom stereocenters. The third-order valence-electron chi connectivity index (χ3n) is 3.28. The molecular weight excluding hydrogens is 186 g/mol. The van der Waals surface area contributed by atoms with Gasteiger partial charge in [-0.15, -0.1) is 0 Å². The lowest BCUT2D eigenvalue weighted by Crippen LogP contribution is -2.36. The van der Waals surface area contributed by atoms with E-state index in [0.717, 1.165) is 12.8 Å². The molecule has 1 aliphatic carbocycles. The van der Waals surface area contributed by atoms with Crippen LogP contribution in [-0.2, 0) is 4.79 Å². The molecule has 1 aliphatic rings. The summed E-state index contributed by atoms with van der Waals surface area (Å²) in [5.41, 5.74) is 1.36. The van der Waals surface area contributed by atoms with Crippen LogP contribution in [0.25, 0.3) is 0 Å². The summed E-state index contributed by atoms with van der Waals surface area (Å²) in [4.78, 5) is 10.5. The Labute approximate surface area is 90.7 Å². The van der Waals surface area contributed by atoms with Gasteiger partial charge >= 0.3 is 0 Å². The maximum absolute atomic E-state index is 10.5. The number of hydrogen-bond acceptors (Lipinski definition) is 1. The minimum absolute atomic E-state index is 0.332. The van der Waals surface area contributed by atoms with Gasteiger partial charge in [-0.3, -0.25) is 4.79 Å². The van der Waals surface area contributed by atoms with Gasteiger partial charge in [0.1, 0.15) is 0 Å². The van der Waals surface area contributed by atoms with Crippen LogP contribution in [0.15, 0.2) is 30.3 Å². The first-order valence-electron chi connectivity index (χ1n) is 5.66. The Morgan fingerprint density at radius 1 is 1.13 bits per heavy atom. The molecule has 1 unspecified atom stereocenters. The van der Waals surface area contributed by atoms with Gasteiger partial charge < -0.3 is 5.32 Å². The number of carbonyl (C=O) groups excluding carboxylic acids is 1. The van der Waals surface area contributed by atoms with Crippen molar-refractivity contribution in [3.8, 4) is 0 Å². The Hall–Kier alpha value is -1.31. The van der Waals surface area contributed by atoms with Crippen LogP contribution in [0.5, 0.6) is 0 Å². The highest BCUT2D eigenvalue weighted by Gasteiger charge is 2.25. The average molecular weight is 203 g/mol. The molecule has 1 saturated carbocycles. The largest absolute Gasteiger partial charge is 0.355 e. The summed E-state index contributed by atoms with van der Waals surface area (Å²) >= 11 is 0. The molecule has 0 aliphatic heterocycles. The molecular formula is C13H17NO. The molecule has 2 nitrogen and oxygen atoms in total. The van der Waals surface area contributed by atoms with E-state index in [1.54, 1.807) is 0 Å². The fourth-order valence-corrected chi connectivity index (χ4v) is 2.52. The van der Waals surface area contributed by atoms with E-state index in [2.05, 4.69) is 29.6 Å². The lowest BCUT2D eigenvalue weighted by Gasteiger charge is -2.31. The smallest absolute Gasteiger partial charge is 0.207 e. The molecule has 1 aromatic rings. The second-order valence-electron chi connectivity index (χ2n) is 4.19. The molecule has 2 heteroatoms. The predicted octanol–water partition coefficient (Wildman–Crippen LogP) is 2.46. The molecule has 0 aromatic heterocycles. The van der Waals surface area contributed by atoms with Crippen molar-refractivity contribution in [2.24, 2.45) is 0 Å². The summed E-state index contributed by atoms with van der Waals surface area (Å²) in [6.07, 6.45) is 5.64. The number of rotatable bonds is 3. The second kappa shape index (κ2) is 4.96. The van der Waals surface area contributed by atoms with Crippen molar-refractivity contribution < 1.29 is 4.79 Å². The van der Waals surface area contributed by atoms with Crippen LogP contribution in [0.2, 0.25) is 0 Å². The molecule has 1 N–H and O–H groups in total. The summed E-state index contributed by atoms with van der Waals surface area (Å²) in [7, 11) is 0. The number of benzene rings is 1. The molecule has 0 heterocycles. The minimum Gasteiger partial charge on any atom is -0.355 e. The van der Waals surface area contributed by atoms with Crippen molar-refractivity contribution in [1.82, 2.24) is 5.32 Å². The van der Waals surface area contributed by atoms with Crippen molar-refractivity contribution >= 4 is 6.41 Å². The van der Waals surface area contributed by atoms with E-state index in [4.69, 9.17) is 0 Å². The summed E-state index contributed by atoms with van der Waals surface area (Å²) in [5.74, 6) is 0.505. The van der Waals surface area contributed by atoms with Gasteiger partial charge in [-0.2, -0.15) is 0 Å².